The number of hydrogen-bond donors (Lipinski definition) is 1. The third-order valence-electron chi connectivity index (χ3n) is 7.25. The molecule has 1 atom stereocenters. The number of benzene rings is 2. The van der Waals surface area contributed by atoms with Gasteiger partial charge in [0, 0.05) is 25.4 Å². The third kappa shape index (κ3) is 4.54. The molecule has 0 aliphatic carbocycles. The molecule has 1 aromatic heterocycles. The van der Waals surface area contributed by atoms with Gasteiger partial charge in [-0.15, -0.1) is 5.92 Å². The van der Waals surface area contributed by atoms with E-state index < -0.39 is 11.6 Å². The van der Waals surface area contributed by atoms with Crippen LogP contribution >= 0.6 is 0 Å². The average molecular weight is 486 g/mol. The molecule has 2 aromatic carbocycles. The first-order valence-electron chi connectivity index (χ1n) is 12.2. The average Bonchev–Trinajstić information content (AvgIpc) is 3.12. The number of piperidine rings is 1. The van der Waals surface area contributed by atoms with Gasteiger partial charge < -0.3 is 5.32 Å². The van der Waals surface area contributed by atoms with Gasteiger partial charge in [-0.25, -0.2) is 9.18 Å². The van der Waals surface area contributed by atoms with Gasteiger partial charge in [-0.2, -0.15) is 0 Å². The zero-order valence-electron chi connectivity index (χ0n) is 20.2. The second-order valence-electron chi connectivity index (χ2n) is 9.42. The molecule has 3 amide bonds. The van der Waals surface area contributed by atoms with Crippen molar-refractivity contribution in [3.8, 4) is 11.8 Å². The second kappa shape index (κ2) is 10.0. The van der Waals surface area contributed by atoms with Gasteiger partial charge in [0.2, 0.25) is 0 Å². The molecule has 2 fully saturated rings. The number of amides is 3. The van der Waals surface area contributed by atoms with Crippen LogP contribution in [0.2, 0.25) is 0 Å². The molecular weight excluding hydrogens is 457 g/mol. The number of rotatable bonds is 6. The van der Waals surface area contributed by atoms with Crippen LogP contribution in [0.5, 0.6) is 0 Å². The summed E-state index contributed by atoms with van der Waals surface area (Å²) in [6.45, 7) is 4.00. The molecule has 0 radical (unpaired) electrons. The van der Waals surface area contributed by atoms with Gasteiger partial charge in [-0.05, 0) is 68.1 Å². The fraction of sp³-hybridized carbons (Fsp3) is 0.357. The Bertz CT molecular complexity index is 1350. The van der Waals surface area contributed by atoms with Crippen molar-refractivity contribution in [3.63, 3.8) is 0 Å². The Morgan fingerprint density at radius 3 is 2.67 bits per heavy atom. The van der Waals surface area contributed by atoms with Gasteiger partial charge in [-0.3, -0.25) is 24.6 Å². The Hall–Kier alpha value is -3.83. The highest BCUT2D eigenvalue weighted by atomic mass is 19.1. The van der Waals surface area contributed by atoms with E-state index in [0.29, 0.717) is 5.56 Å². The molecule has 2 aliphatic rings. The number of likely N-dealkylation sites (tertiary alicyclic amines) is 1. The van der Waals surface area contributed by atoms with E-state index in [1.165, 1.54) is 17.0 Å². The van der Waals surface area contributed by atoms with Crippen LogP contribution in [0.4, 0.5) is 9.18 Å². The van der Waals surface area contributed by atoms with Gasteiger partial charge in [0.15, 0.2) is 0 Å². The predicted octanol–water partition coefficient (Wildman–Crippen LogP) is 3.54. The van der Waals surface area contributed by atoms with Gasteiger partial charge in [-0.1, -0.05) is 30.2 Å². The van der Waals surface area contributed by atoms with Crippen molar-refractivity contribution >= 4 is 23.0 Å². The van der Waals surface area contributed by atoms with E-state index in [1.54, 1.807) is 31.5 Å². The van der Waals surface area contributed by atoms with Gasteiger partial charge in [0.05, 0.1) is 17.6 Å². The first-order valence-corrected chi connectivity index (χ1v) is 12.2. The van der Waals surface area contributed by atoms with Crippen LogP contribution in [-0.2, 0) is 17.8 Å². The zero-order chi connectivity index (χ0) is 25.1. The lowest BCUT2D eigenvalue weighted by atomic mass is 9.74. The number of imide groups is 1. The minimum atomic E-state index is -1.11. The molecular formula is C28H28FN5O2. The monoisotopic (exact) mass is 485 g/mol. The molecule has 184 valence electrons. The Morgan fingerprint density at radius 2 is 1.89 bits per heavy atom. The van der Waals surface area contributed by atoms with Crippen molar-refractivity contribution < 1.29 is 14.0 Å². The molecule has 3 heterocycles. The smallest absolute Gasteiger partial charge is 0.322 e. The van der Waals surface area contributed by atoms with Gasteiger partial charge in [0.1, 0.15) is 11.4 Å². The Labute approximate surface area is 209 Å². The number of urea groups is 1. The maximum absolute atomic E-state index is 14.0. The Kier molecular flexibility index (Phi) is 6.66. The summed E-state index contributed by atoms with van der Waals surface area (Å²) in [4.78, 5) is 39.0. The van der Waals surface area contributed by atoms with E-state index in [2.05, 4.69) is 38.1 Å². The molecule has 1 N–H and O–H groups in total. The van der Waals surface area contributed by atoms with E-state index in [-0.39, 0.29) is 30.6 Å². The van der Waals surface area contributed by atoms with Crippen LogP contribution < -0.4 is 5.32 Å². The van der Waals surface area contributed by atoms with Crippen LogP contribution in [0.3, 0.4) is 0 Å². The van der Waals surface area contributed by atoms with Crippen molar-refractivity contribution in [3.05, 3.63) is 71.8 Å². The summed E-state index contributed by atoms with van der Waals surface area (Å²) in [5.74, 6) is 4.86. The topological polar surface area (TPSA) is 78.4 Å². The van der Waals surface area contributed by atoms with E-state index in [9.17, 15) is 14.0 Å². The van der Waals surface area contributed by atoms with E-state index in [4.69, 9.17) is 0 Å². The second-order valence-corrected chi connectivity index (χ2v) is 9.42. The highest BCUT2D eigenvalue weighted by molar-refractivity contribution is 6.07. The molecule has 7 nitrogen and oxygen atoms in total. The van der Waals surface area contributed by atoms with Crippen molar-refractivity contribution in [2.24, 2.45) is 5.92 Å². The number of carbonyl (C=O) groups excluding carboxylic acids is 2. The Morgan fingerprint density at radius 1 is 1.11 bits per heavy atom. The minimum absolute atomic E-state index is 0.0486. The summed E-state index contributed by atoms with van der Waals surface area (Å²) >= 11 is 0. The molecule has 36 heavy (non-hydrogen) atoms. The lowest BCUT2D eigenvalue weighted by molar-refractivity contribution is -0.133. The molecule has 1 unspecified atom stereocenters. The predicted molar refractivity (Wildman–Crippen MR) is 134 cm³/mol. The van der Waals surface area contributed by atoms with E-state index >= 15 is 0 Å². The number of nitrogens with one attached hydrogen (secondary N) is 1. The maximum Gasteiger partial charge on any atom is 0.325 e. The number of nitrogens with zero attached hydrogens (tertiary/aromatic N) is 4. The highest BCUT2D eigenvalue weighted by Crippen LogP contribution is 2.37. The van der Waals surface area contributed by atoms with Crippen LogP contribution in [0.15, 0.2) is 54.9 Å². The molecule has 8 heteroatoms. The van der Waals surface area contributed by atoms with Gasteiger partial charge in [0.25, 0.3) is 5.91 Å². The summed E-state index contributed by atoms with van der Waals surface area (Å²) < 4.78 is 14.0. The molecule has 3 aromatic rings. The number of hydrogen-bond acceptors (Lipinski definition) is 5. The quantitative estimate of drug-likeness (QED) is 0.427. The van der Waals surface area contributed by atoms with Crippen molar-refractivity contribution in [2.75, 3.05) is 19.6 Å². The van der Waals surface area contributed by atoms with Gasteiger partial charge >= 0.3 is 6.03 Å². The lowest BCUT2D eigenvalue weighted by Crippen LogP contribution is -2.57. The van der Waals surface area contributed by atoms with E-state index in [0.717, 1.165) is 49.1 Å². The largest absolute Gasteiger partial charge is 0.325 e. The summed E-state index contributed by atoms with van der Waals surface area (Å²) in [6, 6.07) is 11.8. The fourth-order valence-electron chi connectivity index (χ4n) is 5.46. The fourth-order valence-corrected chi connectivity index (χ4v) is 5.46. The standard InChI is InChI=1S/C28H28FN5O2/c1-2-3-14-34-26(35)28(32-27(34)36,18-20-6-4-8-23(29)17-20)22-10-15-33(16-11-22)19-21-7-5-9-24-25(21)31-13-12-30-24/h4-9,12-13,17,22H,10-11,14-16,18-19H2,1H3,(H,32,36). The van der Waals surface area contributed by atoms with Crippen LogP contribution in [0.25, 0.3) is 11.0 Å². The Balaban J connectivity index is 1.37. The van der Waals surface area contributed by atoms with Crippen molar-refractivity contribution in [1.29, 1.82) is 0 Å². The number of carbonyl (C=O) groups is 2. The lowest BCUT2D eigenvalue weighted by Gasteiger charge is -2.41. The van der Waals surface area contributed by atoms with Crippen molar-refractivity contribution in [1.82, 2.24) is 25.1 Å². The van der Waals surface area contributed by atoms with Crippen LogP contribution in [0, 0.1) is 23.6 Å². The molecule has 2 saturated heterocycles. The SMILES string of the molecule is CC#CCN1C(=O)NC(Cc2cccc(F)c2)(C2CCN(Cc3cccc4nccnc34)CC2)C1=O. The maximum atomic E-state index is 14.0. The number of fused-ring (bicyclic) bond motifs is 1. The third-order valence-corrected chi connectivity index (χ3v) is 7.25. The highest BCUT2D eigenvalue weighted by Gasteiger charge is 2.55. The van der Waals surface area contributed by atoms with Crippen LogP contribution in [0.1, 0.15) is 30.9 Å². The zero-order valence-corrected chi connectivity index (χ0v) is 20.2. The summed E-state index contributed by atoms with van der Waals surface area (Å²) in [5, 5.41) is 3.01. The number of aromatic nitrogens is 2. The molecule has 0 spiro atoms. The normalized spacial score (nSPS) is 20.9. The summed E-state index contributed by atoms with van der Waals surface area (Å²) in [5.41, 5.74) is 2.45. The number of para-hydroxylation sites is 1. The first-order chi connectivity index (χ1) is 17.5. The minimum Gasteiger partial charge on any atom is -0.322 e. The van der Waals surface area contributed by atoms with E-state index in [1.807, 2.05) is 12.1 Å². The van der Waals surface area contributed by atoms with Crippen LogP contribution in [-0.4, -0.2) is 56.9 Å². The molecule has 0 bridgehead atoms. The first kappa shape index (κ1) is 23.9. The molecule has 2 aliphatic heterocycles. The summed E-state index contributed by atoms with van der Waals surface area (Å²) in [6.07, 6.45) is 5.10. The summed E-state index contributed by atoms with van der Waals surface area (Å²) in [7, 11) is 0. The number of halogens is 1. The molecule has 0 saturated carbocycles. The van der Waals surface area contributed by atoms with Crippen molar-refractivity contribution in [2.45, 2.75) is 38.3 Å². The molecule has 5 rings (SSSR count).